The van der Waals surface area contributed by atoms with Crippen LogP contribution in [0, 0.1) is 0 Å². The number of hydrogen-bond acceptors (Lipinski definition) is 2. The van der Waals surface area contributed by atoms with Gasteiger partial charge in [-0.15, -0.1) is 0 Å². The summed E-state index contributed by atoms with van der Waals surface area (Å²) >= 11 is 0. The van der Waals surface area contributed by atoms with Gasteiger partial charge in [0.15, 0.2) is 0 Å². The molecule has 2 heteroatoms. The minimum absolute atomic E-state index is 0.139. The second-order valence-corrected chi connectivity index (χ2v) is 14.6. The quantitative estimate of drug-likeness (QED) is 0.243. The van der Waals surface area contributed by atoms with Crippen LogP contribution in [0.2, 0.25) is 0 Å². The van der Waals surface area contributed by atoms with Crippen molar-refractivity contribution < 1.29 is 0 Å². The van der Waals surface area contributed by atoms with Crippen LogP contribution in [-0.2, 0) is 16.2 Å². The van der Waals surface area contributed by atoms with Crippen LogP contribution < -0.4 is 5.01 Å². The third-order valence-corrected chi connectivity index (χ3v) is 8.66. The first-order chi connectivity index (χ1) is 19.3. The van der Waals surface area contributed by atoms with Gasteiger partial charge in [0, 0.05) is 6.42 Å². The van der Waals surface area contributed by atoms with E-state index in [1.165, 1.54) is 53.5 Å². The van der Waals surface area contributed by atoms with Gasteiger partial charge in [0.1, 0.15) is 0 Å². The first-order valence-corrected chi connectivity index (χ1v) is 15.6. The molecule has 1 atom stereocenters. The van der Waals surface area contributed by atoms with Gasteiger partial charge in [0.2, 0.25) is 0 Å². The molecule has 0 bridgehead atoms. The van der Waals surface area contributed by atoms with Crippen LogP contribution in [0.5, 0.6) is 0 Å². The fourth-order valence-corrected chi connectivity index (χ4v) is 5.65. The highest BCUT2D eigenvalue weighted by atomic mass is 15.5. The zero-order chi connectivity index (χ0) is 29.8. The van der Waals surface area contributed by atoms with Gasteiger partial charge in [-0.3, -0.25) is 5.01 Å². The molecule has 41 heavy (non-hydrogen) atoms. The van der Waals surface area contributed by atoms with Crippen LogP contribution in [0.25, 0.3) is 6.08 Å². The molecule has 0 amide bonds. The third kappa shape index (κ3) is 7.79. The van der Waals surface area contributed by atoms with Crippen molar-refractivity contribution in [1.82, 2.24) is 0 Å². The first kappa shape index (κ1) is 30.8. The molecule has 0 fully saturated rings. The van der Waals surface area contributed by atoms with E-state index in [9.17, 15) is 0 Å². The molecule has 0 spiro atoms. The van der Waals surface area contributed by atoms with Gasteiger partial charge in [-0.2, -0.15) is 5.10 Å². The highest BCUT2D eigenvalue weighted by Gasteiger charge is 2.29. The van der Waals surface area contributed by atoms with E-state index in [0.717, 1.165) is 17.8 Å². The van der Waals surface area contributed by atoms with Crippen LogP contribution in [0.3, 0.4) is 0 Å². The van der Waals surface area contributed by atoms with Crippen molar-refractivity contribution in [2.45, 2.75) is 117 Å². The SMILES string of the molecule is CCCCCC(C)(C)c1ccc(N2N=C(C=Cc3ccc(C(C)(C)C)cc3)CC2c2ccc(C(C)(C)C)cc2)cc1. The van der Waals surface area contributed by atoms with E-state index < -0.39 is 0 Å². The number of allylic oxidation sites excluding steroid dienone is 1. The summed E-state index contributed by atoms with van der Waals surface area (Å²) < 4.78 is 0. The van der Waals surface area contributed by atoms with Crippen molar-refractivity contribution in [2.75, 3.05) is 5.01 Å². The van der Waals surface area contributed by atoms with Gasteiger partial charge >= 0.3 is 0 Å². The molecule has 0 aromatic heterocycles. The predicted molar refractivity (Wildman–Crippen MR) is 180 cm³/mol. The first-order valence-electron chi connectivity index (χ1n) is 15.6. The molecule has 4 rings (SSSR count). The monoisotopic (exact) mass is 548 g/mol. The molecule has 1 aliphatic rings. The van der Waals surface area contributed by atoms with Gasteiger partial charge in [-0.25, -0.2) is 0 Å². The van der Waals surface area contributed by atoms with Crippen molar-refractivity contribution in [3.8, 4) is 0 Å². The van der Waals surface area contributed by atoms with Crippen LogP contribution in [-0.4, -0.2) is 5.71 Å². The predicted octanol–water partition coefficient (Wildman–Crippen LogP) is 11.2. The standard InChI is InChI=1S/C39H52N2/c1-10-11-12-27-39(8,9)33-22-25-35(26-23-33)41-36(30-16-20-32(21-17-30)38(5,6)7)28-34(40-41)24-15-29-13-18-31(19-14-29)37(2,3)4/h13-26,36H,10-12,27-28H2,1-9H3. The summed E-state index contributed by atoms with van der Waals surface area (Å²) in [6, 6.07) is 27.5. The van der Waals surface area contributed by atoms with Crippen molar-refractivity contribution in [1.29, 1.82) is 0 Å². The lowest BCUT2D eigenvalue weighted by Crippen LogP contribution is -2.20. The summed E-state index contributed by atoms with van der Waals surface area (Å²) in [5.74, 6) is 0. The highest BCUT2D eigenvalue weighted by molar-refractivity contribution is 6.01. The molecule has 1 aliphatic heterocycles. The topological polar surface area (TPSA) is 15.6 Å². The number of rotatable bonds is 9. The smallest absolute Gasteiger partial charge is 0.0831 e. The van der Waals surface area contributed by atoms with Crippen LogP contribution in [0.4, 0.5) is 5.69 Å². The molecular weight excluding hydrogens is 496 g/mol. The Morgan fingerprint density at radius 3 is 1.76 bits per heavy atom. The second-order valence-electron chi connectivity index (χ2n) is 14.6. The highest BCUT2D eigenvalue weighted by Crippen LogP contribution is 2.38. The Balaban J connectivity index is 1.61. The Morgan fingerprint density at radius 2 is 1.22 bits per heavy atom. The molecule has 1 unspecified atom stereocenters. The molecule has 0 N–H and O–H groups in total. The molecule has 1 heterocycles. The molecule has 218 valence electrons. The largest absolute Gasteiger partial charge is 0.257 e. The number of hydrazone groups is 1. The maximum atomic E-state index is 5.17. The third-order valence-electron chi connectivity index (χ3n) is 8.66. The summed E-state index contributed by atoms with van der Waals surface area (Å²) in [5.41, 5.74) is 9.39. The van der Waals surface area contributed by atoms with Crippen LogP contribution >= 0.6 is 0 Å². The fourth-order valence-electron chi connectivity index (χ4n) is 5.65. The summed E-state index contributed by atoms with van der Waals surface area (Å²) in [6.45, 7) is 20.6. The Morgan fingerprint density at radius 1 is 0.683 bits per heavy atom. The van der Waals surface area contributed by atoms with E-state index in [1.54, 1.807) is 0 Å². The second kappa shape index (κ2) is 12.4. The number of unbranched alkanes of at least 4 members (excludes halogenated alkanes) is 2. The van der Waals surface area contributed by atoms with E-state index in [-0.39, 0.29) is 22.3 Å². The average molecular weight is 549 g/mol. The van der Waals surface area contributed by atoms with Crippen molar-refractivity contribution in [2.24, 2.45) is 5.10 Å². The lowest BCUT2D eigenvalue weighted by molar-refractivity contribution is 0.450. The van der Waals surface area contributed by atoms with Gasteiger partial charge in [-0.05, 0) is 68.7 Å². The molecule has 2 nitrogen and oxygen atoms in total. The zero-order valence-electron chi connectivity index (χ0n) is 27.1. The van der Waals surface area contributed by atoms with Gasteiger partial charge in [0.25, 0.3) is 0 Å². The molecule has 0 aliphatic carbocycles. The Hall–Kier alpha value is -3.13. The van der Waals surface area contributed by atoms with E-state index >= 15 is 0 Å². The molecule has 0 saturated carbocycles. The lowest BCUT2D eigenvalue weighted by Gasteiger charge is -2.28. The number of anilines is 1. The summed E-state index contributed by atoms with van der Waals surface area (Å²) in [4.78, 5) is 0. The molecule has 0 radical (unpaired) electrons. The summed E-state index contributed by atoms with van der Waals surface area (Å²) in [7, 11) is 0. The Labute approximate surface area is 250 Å². The minimum atomic E-state index is 0.139. The summed E-state index contributed by atoms with van der Waals surface area (Å²) in [6.07, 6.45) is 10.4. The number of benzene rings is 3. The maximum absolute atomic E-state index is 5.17. The van der Waals surface area contributed by atoms with E-state index in [2.05, 4.69) is 152 Å². The molecule has 3 aromatic carbocycles. The van der Waals surface area contributed by atoms with Crippen LogP contribution in [0.1, 0.15) is 128 Å². The van der Waals surface area contributed by atoms with Crippen molar-refractivity contribution >= 4 is 17.5 Å². The Bertz CT molecular complexity index is 1330. The maximum Gasteiger partial charge on any atom is 0.0831 e. The number of hydrogen-bond donors (Lipinski definition) is 0. The van der Waals surface area contributed by atoms with Crippen molar-refractivity contribution in [3.05, 3.63) is 107 Å². The fraction of sp³-hybridized carbons (Fsp3) is 0.462. The average Bonchev–Trinajstić information content (AvgIpc) is 3.36. The zero-order valence-corrected chi connectivity index (χ0v) is 27.1. The van der Waals surface area contributed by atoms with Gasteiger partial charge < -0.3 is 0 Å². The molecule has 3 aromatic rings. The lowest BCUT2D eigenvalue weighted by atomic mass is 9.80. The summed E-state index contributed by atoms with van der Waals surface area (Å²) in [5, 5.41) is 7.41. The van der Waals surface area contributed by atoms with Gasteiger partial charge in [0.05, 0.1) is 17.4 Å². The van der Waals surface area contributed by atoms with E-state index in [1.807, 2.05) is 0 Å². The normalized spacial score (nSPS) is 16.5. The van der Waals surface area contributed by atoms with E-state index in [4.69, 9.17) is 5.10 Å². The molecule has 0 saturated heterocycles. The minimum Gasteiger partial charge on any atom is -0.257 e. The van der Waals surface area contributed by atoms with E-state index in [0.29, 0.717) is 0 Å². The Kier molecular flexibility index (Phi) is 9.32. The number of nitrogens with zero attached hydrogens (tertiary/aromatic N) is 2. The van der Waals surface area contributed by atoms with Crippen LogP contribution in [0.15, 0.2) is 84.0 Å². The van der Waals surface area contributed by atoms with Gasteiger partial charge in [-0.1, -0.05) is 148 Å². The van der Waals surface area contributed by atoms with Crippen molar-refractivity contribution in [3.63, 3.8) is 0 Å². The molecular formula is C39H52N2.